The van der Waals surface area contributed by atoms with Crippen LogP contribution in [0.3, 0.4) is 0 Å². The Morgan fingerprint density at radius 3 is 2.63 bits per heavy atom. The Balaban J connectivity index is 2.13. The van der Waals surface area contributed by atoms with E-state index in [1.54, 1.807) is 37.3 Å². The van der Waals surface area contributed by atoms with Crippen molar-refractivity contribution in [3.8, 4) is 0 Å². The van der Waals surface area contributed by atoms with E-state index in [-0.39, 0.29) is 17.0 Å². The molecule has 1 aromatic carbocycles. The Morgan fingerprint density at radius 2 is 2.05 bits per heavy atom. The van der Waals surface area contributed by atoms with E-state index in [1.807, 2.05) is 6.92 Å². The molecule has 0 aliphatic carbocycles. The molecule has 1 heterocycles. The maximum atomic E-state index is 12.0. The third-order valence-corrected chi connectivity index (χ3v) is 3.30. The number of hydrogen-bond donors (Lipinski definition) is 1. The first-order valence-corrected chi connectivity index (χ1v) is 6.60. The molecule has 19 heavy (non-hydrogen) atoms. The zero-order valence-electron chi connectivity index (χ0n) is 10.5. The second-order valence-corrected chi connectivity index (χ2v) is 5.30. The molecular weight excluding hydrogens is 285 g/mol. The second-order valence-electron chi connectivity index (χ2n) is 4.24. The van der Waals surface area contributed by atoms with E-state index < -0.39 is 0 Å². The summed E-state index contributed by atoms with van der Waals surface area (Å²) in [5.41, 5.74) is 1.57. The SMILES string of the molecule is Cc1cc(NC(=O)c2ccc(C(C)Cl)o2)ccc1Cl. The molecular formula is C14H13Cl2NO2. The van der Waals surface area contributed by atoms with Gasteiger partial charge in [0.15, 0.2) is 5.76 Å². The number of carbonyl (C=O) groups excluding carboxylic acids is 1. The van der Waals surface area contributed by atoms with Crippen LogP contribution >= 0.6 is 23.2 Å². The molecule has 0 bridgehead atoms. The molecule has 2 aromatic rings. The monoisotopic (exact) mass is 297 g/mol. The quantitative estimate of drug-likeness (QED) is 0.827. The zero-order valence-corrected chi connectivity index (χ0v) is 12.0. The first-order chi connectivity index (χ1) is 8.97. The van der Waals surface area contributed by atoms with Crippen LogP contribution < -0.4 is 5.32 Å². The lowest BCUT2D eigenvalue weighted by atomic mass is 10.2. The first kappa shape index (κ1) is 14.0. The van der Waals surface area contributed by atoms with Crippen LogP contribution in [0.25, 0.3) is 0 Å². The molecule has 1 aromatic heterocycles. The number of furan rings is 1. The minimum absolute atomic E-state index is 0.232. The second kappa shape index (κ2) is 5.68. The Morgan fingerprint density at radius 1 is 1.32 bits per heavy atom. The summed E-state index contributed by atoms with van der Waals surface area (Å²) in [4.78, 5) is 12.0. The molecule has 1 amide bonds. The van der Waals surface area contributed by atoms with Crippen LogP contribution in [0, 0.1) is 6.92 Å². The number of amides is 1. The summed E-state index contributed by atoms with van der Waals surface area (Å²) < 4.78 is 5.36. The van der Waals surface area contributed by atoms with Gasteiger partial charge in [-0.05, 0) is 49.7 Å². The third-order valence-electron chi connectivity index (χ3n) is 2.66. The van der Waals surface area contributed by atoms with Crippen molar-refractivity contribution in [1.82, 2.24) is 0 Å². The highest BCUT2D eigenvalue weighted by atomic mass is 35.5. The van der Waals surface area contributed by atoms with Gasteiger partial charge in [-0.1, -0.05) is 11.6 Å². The van der Waals surface area contributed by atoms with Gasteiger partial charge in [0.2, 0.25) is 0 Å². The largest absolute Gasteiger partial charge is 0.454 e. The third kappa shape index (κ3) is 3.31. The fourth-order valence-electron chi connectivity index (χ4n) is 1.60. The van der Waals surface area contributed by atoms with Gasteiger partial charge >= 0.3 is 0 Å². The molecule has 3 nitrogen and oxygen atoms in total. The molecule has 100 valence electrons. The smallest absolute Gasteiger partial charge is 0.291 e. The maximum absolute atomic E-state index is 12.0. The topological polar surface area (TPSA) is 42.2 Å². The number of benzene rings is 1. The summed E-state index contributed by atoms with van der Waals surface area (Å²) >= 11 is 11.8. The van der Waals surface area contributed by atoms with Crippen molar-refractivity contribution < 1.29 is 9.21 Å². The highest BCUT2D eigenvalue weighted by molar-refractivity contribution is 6.31. The lowest BCUT2D eigenvalue weighted by Gasteiger charge is -2.05. The summed E-state index contributed by atoms with van der Waals surface area (Å²) in [5.74, 6) is 0.486. The number of carbonyl (C=O) groups is 1. The predicted octanol–water partition coefficient (Wildman–Crippen LogP) is 4.79. The summed E-state index contributed by atoms with van der Waals surface area (Å²) in [6.45, 7) is 3.66. The van der Waals surface area contributed by atoms with E-state index in [9.17, 15) is 4.79 Å². The minimum Gasteiger partial charge on any atom is -0.454 e. The van der Waals surface area contributed by atoms with Crippen LogP contribution in [0.4, 0.5) is 5.69 Å². The van der Waals surface area contributed by atoms with Gasteiger partial charge < -0.3 is 9.73 Å². The van der Waals surface area contributed by atoms with Crippen molar-refractivity contribution in [3.63, 3.8) is 0 Å². The van der Waals surface area contributed by atoms with Crippen molar-refractivity contribution in [2.24, 2.45) is 0 Å². The van der Waals surface area contributed by atoms with Gasteiger partial charge in [0.1, 0.15) is 5.76 Å². The van der Waals surface area contributed by atoms with Gasteiger partial charge in [-0.25, -0.2) is 0 Å². The highest BCUT2D eigenvalue weighted by Gasteiger charge is 2.14. The van der Waals surface area contributed by atoms with Gasteiger partial charge in [-0.2, -0.15) is 0 Å². The van der Waals surface area contributed by atoms with Crippen molar-refractivity contribution >= 4 is 34.8 Å². The van der Waals surface area contributed by atoms with E-state index in [4.69, 9.17) is 27.6 Å². The maximum Gasteiger partial charge on any atom is 0.291 e. The van der Waals surface area contributed by atoms with Gasteiger partial charge in [-0.15, -0.1) is 11.6 Å². The van der Waals surface area contributed by atoms with E-state index in [0.29, 0.717) is 16.5 Å². The molecule has 0 aliphatic heterocycles. The Labute approximate surface area is 121 Å². The van der Waals surface area contributed by atoms with Crippen LogP contribution in [0.5, 0.6) is 0 Å². The molecule has 0 spiro atoms. The molecule has 0 radical (unpaired) electrons. The van der Waals surface area contributed by atoms with Gasteiger partial charge in [0.25, 0.3) is 5.91 Å². The van der Waals surface area contributed by atoms with Crippen LogP contribution in [-0.4, -0.2) is 5.91 Å². The summed E-state index contributed by atoms with van der Waals surface area (Å²) in [7, 11) is 0. The Kier molecular flexibility index (Phi) is 4.17. The fraction of sp³-hybridized carbons (Fsp3) is 0.214. The fourth-order valence-corrected chi connectivity index (χ4v) is 1.84. The number of aryl methyl sites for hydroxylation is 1. The Bertz CT molecular complexity index is 605. The molecule has 0 saturated heterocycles. The average molecular weight is 298 g/mol. The van der Waals surface area contributed by atoms with Crippen LogP contribution in [0.1, 0.15) is 34.2 Å². The van der Waals surface area contributed by atoms with E-state index in [2.05, 4.69) is 5.32 Å². The lowest BCUT2D eigenvalue weighted by Crippen LogP contribution is -2.10. The average Bonchev–Trinajstić information content (AvgIpc) is 2.83. The zero-order chi connectivity index (χ0) is 14.0. The van der Waals surface area contributed by atoms with Crippen molar-refractivity contribution in [1.29, 1.82) is 0 Å². The molecule has 0 aliphatic rings. The molecule has 1 atom stereocenters. The molecule has 1 N–H and O–H groups in total. The normalized spacial score (nSPS) is 12.2. The molecule has 5 heteroatoms. The van der Waals surface area contributed by atoms with Crippen LogP contribution in [0.15, 0.2) is 34.7 Å². The van der Waals surface area contributed by atoms with E-state index in [0.717, 1.165) is 5.56 Å². The number of hydrogen-bond acceptors (Lipinski definition) is 2. The molecule has 0 fully saturated rings. The lowest BCUT2D eigenvalue weighted by molar-refractivity contribution is 0.0995. The van der Waals surface area contributed by atoms with Crippen molar-refractivity contribution in [2.75, 3.05) is 5.32 Å². The van der Waals surface area contributed by atoms with Crippen LogP contribution in [-0.2, 0) is 0 Å². The van der Waals surface area contributed by atoms with Gasteiger partial charge in [-0.3, -0.25) is 4.79 Å². The molecule has 1 unspecified atom stereocenters. The molecule has 0 saturated carbocycles. The van der Waals surface area contributed by atoms with Crippen molar-refractivity contribution in [3.05, 3.63) is 52.4 Å². The van der Waals surface area contributed by atoms with Gasteiger partial charge in [0, 0.05) is 10.7 Å². The number of rotatable bonds is 3. The standard InChI is InChI=1S/C14H13Cl2NO2/c1-8-7-10(3-4-11(8)16)17-14(18)13-6-5-12(19-13)9(2)15/h3-7,9H,1-2H3,(H,17,18). The van der Waals surface area contributed by atoms with Gasteiger partial charge in [0.05, 0.1) is 5.38 Å². The number of anilines is 1. The molecule has 2 rings (SSSR count). The first-order valence-electron chi connectivity index (χ1n) is 5.78. The highest BCUT2D eigenvalue weighted by Crippen LogP contribution is 2.23. The summed E-state index contributed by atoms with van der Waals surface area (Å²) in [5, 5.41) is 3.14. The van der Waals surface area contributed by atoms with E-state index in [1.165, 1.54) is 0 Å². The number of alkyl halides is 1. The minimum atomic E-state index is -0.315. The Hall–Kier alpha value is -1.45. The number of halogens is 2. The van der Waals surface area contributed by atoms with Crippen molar-refractivity contribution in [2.45, 2.75) is 19.2 Å². The summed E-state index contributed by atoms with van der Waals surface area (Å²) in [6.07, 6.45) is 0. The predicted molar refractivity (Wildman–Crippen MR) is 77.1 cm³/mol. The summed E-state index contributed by atoms with van der Waals surface area (Å²) in [6, 6.07) is 8.57. The van der Waals surface area contributed by atoms with E-state index >= 15 is 0 Å². The van der Waals surface area contributed by atoms with Crippen LogP contribution in [0.2, 0.25) is 5.02 Å². The number of nitrogens with one attached hydrogen (secondary N) is 1.